The number of allylic oxidation sites excluding steroid dienone is 2. The standard InChI is InChI=1S/C26H52NO7P/c1-5-6-7-8-9-10-11-12-13-14-15-16-17-18-19-20-26(29)32-23-25(28)24-34-35(30,31)33-22-21-27(2,3)4/h8-9,25,28H,5-7,10-24H2,1-4H3/p+1/b9-8+/t25-/m1/s1. The fourth-order valence-electron chi connectivity index (χ4n) is 3.28. The molecule has 0 bridgehead atoms. The molecule has 1 unspecified atom stereocenters. The fraction of sp³-hybridized carbons (Fsp3) is 0.885. The number of nitrogens with zero attached hydrogens (tertiary/aromatic N) is 1. The number of esters is 1. The topological polar surface area (TPSA) is 102 Å². The van der Waals surface area contributed by atoms with Crippen LogP contribution in [-0.4, -0.2) is 74.1 Å². The van der Waals surface area contributed by atoms with Crippen molar-refractivity contribution in [2.24, 2.45) is 0 Å². The van der Waals surface area contributed by atoms with E-state index in [1.807, 2.05) is 21.1 Å². The lowest BCUT2D eigenvalue weighted by molar-refractivity contribution is -0.870. The van der Waals surface area contributed by atoms with E-state index in [2.05, 4.69) is 19.1 Å². The number of rotatable bonds is 24. The Hall–Kier alpha value is -0.760. The van der Waals surface area contributed by atoms with E-state index in [1.165, 1.54) is 64.2 Å². The van der Waals surface area contributed by atoms with Crippen LogP contribution in [0.15, 0.2) is 12.2 Å². The minimum atomic E-state index is -4.24. The Balaban J connectivity index is 3.56. The molecule has 0 aliphatic carbocycles. The Morgan fingerprint density at radius 1 is 0.857 bits per heavy atom. The normalized spacial score (nSPS) is 14.8. The highest BCUT2D eigenvalue weighted by atomic mass is 31.2. The maximum atomic E-state index is 11.8. The van der Waals surface area contributed by atoms with Gasteiger partial charge in [-0.1, -0.05) is 76.9 Å². The number of aliphatic hydroxyl groups excluding tert-OH is 1. The predicted octanol–water partition coefficient (Wildman–Crippen LogP) is 5.77. The first-order chi connectivity index (χ1) is 16.6. The molecule has 0 aliphatic heterocycles. The first-order valence-electron chi connectivity index (χ1n) is 13.5. The molecule has 9 heteroatoms. The lowest BCUT2D eigenvalue weighted by Crippen LogP contribution is -2.37. The molecule has 0 amide bonds. The third-order valence-corrected chi connectivity index (χ3v) is 6.51. The zero-order valence-corrected chi connectivity index (χ0v) is 23.7. The van der Waals surface area contributed by atoms with Gasteiger partial charge in [-0.3, -0.25) is 13.8 Å². The Morgan fingerprint density at radius 2 is 1.40 bits per heavy atom. The molecular formula is C26H53NO7P+. The van der Waals surface area contributed by atoms with E-state index < -0.39 is 20.5 Å². The van der Waals surface area contributed by atoms with Crippen molar-refractivity contribution >= 4 is 13.8 Å². The van der Waals surface area contributed by atoms with Gasteiger partial charge in [0.15, 0.2) is 0 Å². The highest BCUT2D eigenvalue weighted by Crippen LogP contribution is 2.43. The fourth-order valence-corrected chi connectivity index (χ4v) is 4.03. The number of carbonyl (C=O) groups is 1. The first kappa shape index (κ1) is 34.2. The van der Waals surface area contributed by atoms with Crippen molar-refractivity contribution in [1.29, 1.82) is 0 Å². The lowest BCUT2D eigenvalue weighted by atomic mass is 10.1. The van der Waals surface area contributed by atoms with Gasteiger partial charge in [0.25, 0.3) is 0 Å². The summed E-state index contributed by atoms with van der Waals surface area (Å²) in [5.74, 6) is -0.376. The number of carbonyl (C=O) groups excluding carboxylic acids is 1. The van der Waals surface area contributed by atoms with E-state index >= 15 is 0 Å². The van der Waals surface area contributed by atoms with Gasteiger partial charge in [0.2, 0.25) is 0 Å². The minimum Gasteiger partial charge on any atom is -0.463 e. The summed E-state index contributed by atoms with van der Waals surface area (Å²) in [6.07, 6.45) is 19.2. The zero-order chi connectivity index (χ0) is 26.4. The van der Waals surface area contributed by atoms with E-state index in [-0.39, 0.29) is 19.2 Å². The van der Waals surface area contributed by atoms with Crippen LogP contribution in [0, 0.1) is 0 Å². The average Bonchev–Trinajstić information content (AvgIpc) is 2.78. The molecule has 0 aliphatic rings. The molecule has 0 saturated heterocycles. The van der Waals surface area contributed by atoms with Crippen LogP contribution in [0.3, 0.4) is 0 Å². The second kappa shape index (κ2) is 21.3. The van der Waals surface area contributed by atoms with Crippen molar-refractivity contribution < 1.29 is 37.6 Å². The van der Waals surface area contributed by atoms with Gasteiger partial charge in [0, 0.05) is 6.42 Å². The van der Waals surface area contributed by atoms with Crippen molar-refractivity contribution in [3.05, 3.63) is 12.2 Å². The molecule has 208 valence electrons. The SMILES string of the molecule is CCCC/C=C/CCCCCCCCCCCC(=O)OC[C@@H](O)COP(=O)(O)OCC[N+](C)(C)C. The summed E-state index contributed by atoms with van der Waals surface area (Å²) in [5.41, 5.74) is 0. The van der Waals surface area contributed by atoms with E-state index in [9.17, 15) is 19.4 Å². The molecule has 8 nitrogen and oxygen atoms in total. The van der Waals surface area contributed by atoms with Gasteiger partial charge in [0.05, 0.1) is 27.7 Å². The summed E-state index contributed by atoms with van der Waals surface area (Å²) in [6.45, 7) is 2.10. The summed E-state index contributed by atoms with van der Waals surface area (Å²) in [7, 11) is 1.56. The molecule has 0 rings (SSSR count). The number of hydrogen-bond donors (Lipinski definition) is 2. The van der Waals surface area contributed by atoms with Gasteiger partial charge in [-0.25, -0.2) is 4.57 Å². The maximum absolute atomic E-state index is 11.8. The average molecular weight is 523 g/mol. The quantitative estimate of drug-likeness (QED) is 0.0546. The number of likely N-dealkylation sites (N-methyl/N-ethyl adjacent to an activating group) is 1. The Bertz CT molecular complexity index is 593. The zero-order valence-electron chi connectivity index (χ0n) is 22.8. The van der Waals surface area contributed by atoms with Crippen LogP contribution in [0.2, 0.25) is 0 Å². The van der Waals surface area contributed by atoms with Crippen LogP contribution in [0.4, 0.5) is 0 Å². The van der Waals surface area contributed by atoms with Gasteiger partial charge >= 0.3 is 13.8 Å². The van der Waals surface area contributed by atoms with Gasteiger partial charge in [-0.15, -0.1) is 0 Å². The summed E-state index contributed by atoms with van der Waals surface area (Å²) in [6, 6.07) is 0. The van der Waals surface area contributed by atoms with E-state index in [0.717, 1.165) is 19.3 Å². The van der Waals surface area contributed by atoms with Gasteiger partial charge in [0.1, 0.15) is 25.9 Å². The second-order valence-electron chi connectivity index (χ2n) is 10.3. The van der Waals surface area contributed by atoms with Crippen molar-refractivity contribution in [2.45, 2.75) is 103 Å². The maximum Gasteiger partial charge on any atom is 0.472 e. The van der Waals surface area contributed by atoms with Crippen molar-refractivity contribution in [1.82, 2.24) is 0 Å². The Kier molecular flexibility index (Phi) is 20.9. The van der Waals surface area contributed by atoms with Crippen LogP contribution >= 0.6 is 7.82 Å². The number of unbranched alkanes of at least 4 members (excludes halogenated alkanes) is 11. The van der Waals surface area contributed by atoms with Crippen LogP contribution in [0.5, 0.6) is 0 Å². The number of quaternary nitrogens is 1. The summed E-state index contributed by atoms with van der Waals surface area (Å²) in [5, 5.41) is 9.82. The van der Waals surface area contributed by atoms with E-state index in [1.54, 1.807) is 0 Å². The highest BCUT2D eigenvalue weighted by molar-refractivity contribution is 7.47. The van der Waals surface area contributed by atoms with Crippen LogP contribution in [-0.2, 0) is 23.1 Å². The molecule has 0 aromatic rings. The third-order valence-electron chi connectivity index (χ3n) is 5.53. The van der Waals surface area contributed by atoms with Crippen molar-refractivity contribution in [3.8, 4) is 0 Å². The molecule has 35 heavy (non-hydrogen) atoms. The van der Waals surface area contributed by atoms with Gasteiger partial charge in [-0.2, -0.15) is 0 Å². The number of phosphoric ester groups is 1. The molecule has 0 radical (unpaired) electrons. The predicted molar refractivity (Wildman–Crippen MR) is 141 cm³/mol. The Morgan fingerprint density at radius 3 is 1.97 bits per heavy atom. The summed E-state index contributed by atoms with van der Waals surface area (Å²) >= 11 is 0. The van der Waals surface area contributed by atoms with Crippen LogP contribution in [0.25, 0.3) is 0 Å². The van der Waals surface area contributed by atoms with Crippen LogP contribution < -0.4 is 0 Å². The molecule has 2 N–H and O–H groups in total. The number of aliphatic hydroxyl groups is 1. The lowest BCUT2D eigenvalue weighted by Gasteiger charge is -2.24. The third kappa shape index (κ3) is 26.1. The molecule has 0 aromatic heterocycles. The molecule has 2 atom stereocenters. The van der Waals surface area contributed by atoms with Gasteiger partial charge < -0.3 is 19.2 Å². The van der Waals surface area contributed by atoms with E-state index in [4.69, 9.17) is 13.8 Å². The summed E-state index contributed by atoms with van der Waals surface area (Å²) < 4.78 is 27.0. The molecule has 0 spiro atoms. The molecular weight excluding hydrogens is 469 g/mol. The smallest absolute Gasteiger partial charge is 0.463 e. The van der Waals surface area contributed by atoms with Gasteiger partial charge in [-0.05, 0) is 25.7 Å². The van der Waals surface area contributed by atoms with E-state index in [0.29, 0.717) is 17.4 Å². The first-order valence-corrected chi connectivity index (χ1v) is 15.0. The Labute approximate surface area is 214 Å². The second-order valence-corrected chi connectivity index (χ2v) is 11.7. The number of hydrogen-bond acceptors (Lipinski definition) is 6. The summed E-state index contributed by atoms with van der Waals surface area (Å²) in [4.78, 5) is 21.4. The van der Waals surface area contributed by atoms with Crippen LogP contribution in [0.1, 0.15) is 96.8 Å². The molecule has 0 heterocycles. The number of phosphoric acid groups is 1. The monoisotopic (exact) mass is 522 g/mol. The van der Waals surface area contributed by atoms with Crippen molar-refractivity contribution in [2.75, 3.05) is 47.5 Å². The number of ether oxygens (including phenoxy) is 1. The molecule has 0 saturated carbocycles. The largest absolute Gasteiger partial charge is 0.472 e. The minimum absolute atomic E-state index is 0.0550. The molecule has 0 fully saturated rings. The molecule has 0 aromatic carbocycles. The van der Waals surface area contributed by atoms with Crippen molar-refractivity contribution in [3.63, 3.8) is 0 Å². The highest BCUT2D eigenvalue weighted by Gasteiger charge is 2.24.